The van der Waals surface area contributed by atoms with Crippen molar-refractivity contribution in [2.75, 3.05) is 18.0 Å². The van der Waals surface area contributed by atoms with Crippen molar-refractivity contribution >= 4 is 21.7 Å². The van der Waals surface area contributed by atoms with E-state index in [9.17, 15) is 13.2 Å². The minimum absolute atomic E-state index is 0.0169. The maximum absolute atomic E-state index is 11.6. The van der Waals surface area contributed by atoms with Gasteiger partial charge < -0.3 is 11.1 Å². The quantitative estimate of drug-likeness (QED) is 0.692. The van der Waals surface area contributed by atoms with E-state index in [1.165, 1.54) is 11.0 Å². The minimum Gasteiger partial charge on any atom is -0.367 e. The van der Waals surface area contributed by atoms with Crippen molar-refractivity contribution in [1.82, 2.24) is 20.1 Å². The largest absolute Gasteiger partial charge is 0.367 e. The molecule has 1 amide bonds. The summed E-state index contributed by atoms with van der Waals surface area (Å²) in [4.78, 5) is 15.2. The monoisotopic (exact) mass is 273 g/mol. The van der Waals surface area contributed by atoms with Crippen LogP contribution in [0.2, 0.25) is 0 Å². The van der Waals surface area contributed by atoms with Crippen LogP contribution in [0.5, 0.6) is 0 Å². The zero-order chi connectivity index (χ0) is 13.2. The summed E-state index contributed by atoms with van der Waals surface area (Å²) >= 11 is 0. The van der Waals surface area contributed by atoms with Crippen LogP contribution < -0.4 is 11.1 Å². The first-order chi connectivity index (χ1) is 8.47. The summed E-state index contributed by atoms with van der Waals surface area (Å²) < 4.78 is 24.4. The first kappa shape index (κ1) is 12.8. The number of hydrogen-bond acceptors (Lipinski definition) is 6. The molecule has 3 N–H and O–H groups in total. The average molecular weight is 273 g/mol. The molecule has 0 radical (unpaired) electrons. The number of amides is 1. The summed E-state index contributed by atoms with van der Waals surface area (Å²) in [5.74, 6) is 0.0100. The maximum Gasteiger partial charge on any atom is 0.241 e. The number of nitrogens with two attached hydrogens (primary N) is 1. The van der Waals surface area contributed by atoms with E-state index in [-0.39, 0.29) is 30.7 Å². The highest BCUT2D eigenvalue weighted by Gasteiger charge is 2.31. The van der Waals surface area contributed by atoms with Gasteiger partial charge in [-0.05, 0) is 12.8 Å². The molecule has 0 saturated carbocycles. The van der Waals surface area contributed by atoms with Gasteiger partial charge in [0.2, 0.25) is 11.9 Å². The topological polar surface area (TPSA) is 120 Å². The lowest BCUT2D eigenvalue weighted by Crippen LogP contribution is -2.36. The van der Waals surface area contributed by atoms with Gasteiger partial charge in [-0.3, -0.25) is 4.79 Å². The molecule has 1 unspecified atom stereocenters. The lowest BCUT2D eigenvalue weighted by molar-refractivity contribution is -0.121. The number of aromatic nitrogens is 3. The fourth-order valence-corrected chi connectivity index (χ4v) is 3.67. The molecule has 18 heavy (non-hydrogen) atoms. The molecule has 1 aliphatic rings. The summed E-state index contributed by atoms with van der Waals surface area (Å²) in [6.07, 6.45) is 2.63. The van der Waals surface area contributed by atoms with Crippen molar-refractivity contribution in [3.05, 3.63) is 6.33 Å². The first-order valence-electron chi connectivity index (χ1n) is 5.60. The second-order valence-corrected chi connectivity index (χ2v) is 6.64. The molecule has 2 heterocycles. The van der Waals surface area contributed by atoms with E-state index in [0.29, 0.717) is 12.8 Å². The Hall–Kier alpha value is -1.64. The summed E-state index contributed by atoms with van der Waals surface area (Å²) in [7, 11) is -3.02. The van der Waals surface area contributed by atoms with Gasteiger partial charge in [-0.15, -0.1) is 5.10 Å². The van der Waals surface area contributed by atoms with E-state index in [0.717, 1.165) is 0 Å². The van der Waals surface area contributed by atoms with E-state index < -0.39 is 15.1 Å². The van der Waals surface area contributed by atoms with Crippen LogP contribution in [0.15, 0.2) is 6.33 Å². The van der Waals surface area contributed by atoms with Crippen LogP contribution in [0.1, 0.15) is 12.8 Å². The molecular formula is C9H15N5O3S. The molecule has 8 nitrogen and oxygen atoms in total. The minimum atomic E-state index is -3.02. The van der Waals surface area contributed by atoms with E-state index in [2.05, 4.69) is 15.4 Å². The fourth-order valence-electron chi connectivity index (χ4n) is 1.90. The Morgan fingerprint density at radius 3 is 2.94 bits per heavy atom. The van der Waals surface area contributed by atoms with Gasteiger partial charge in [0.25, 0.3) is 0 Å². The molecule has 1 fully saturated rings. The molecule has 1 atom stereocenters. The summed E-state index contributed by atoms with van der Waals surface area (Å²) in [5, 5.41) is 5.90. The predicted octanol–water partition coefficient (Wildman–Crippen LogP) is -1.45. The zero-order valence-electron chi connectivity index (χ0n) is 9.74. The van der Waals surface area contributed by atoms with E-state index in [1.807, 2.05) is 0 Å². The first-order valence-corrected chi connectivity index (χ1v) is 7.32. The Kier molecular flexibility index (Phi) is 3.50. The van der Waals surface area contributed by atoms with Crippen molar-refractivity contribution in [3.8, 4) is 0 Å². The molecule has 1 aromatic heterocycles. The van der Waals surface area contributed by atoms with Crippen LogP contribution >= 0.6 is 0 Å². The molecule has 1 aliphatic heterocycles. The third kappa shape index (κ3) is 2.97. The third-order valence-electron chi connectivity index (χ3n) is 2.85. The number of carbonyl (C=O) groups is 1. The highest BCUT2D eigenvalue weighted by atomic mass is 32.2. The molecule has 100 valence electrons. The molecule has 1 saturated heterocycles. The molecule has 1 aromatic rings. The highest BCUT2D eigenvalue weighted by molar-refractivity contribution is 7.92. The number of rotatable bonds is 4. The molecule has 0 bridgehead atoms. The standard InChI is InChI=1S/C9H15N5O3S/c10-9-12-6-14(13-9)5-8(15)11-4-7-2-1-3-18(7,16)17/h6-7H,1-5H2,(H2,10,13)(H,11,15). The number of sulfone groups is 1. The van der Waals surface area contributed by atoms with Gasteiger partial charge >= 0.3 is 0 Å². The maximum atomic E-state index is 11.6. The normalized spacial score (nSPS) is 21.9. The van der Waals surface area contributed by atoms with Gasteiger partial charge in [-0.25, -0.2) is 18.1 Å². The number of nitrogen functional groups attached to an aromatic ring is 1. The van der Waals surface area contributed by atoms with Gasteiger partial charge in [0.15, 0.2) is 9.84 Å². The molecule has 9 heteroatoms. The molecular weight excluding hydrogens is 258 g/mol. The highest BCUT2D eigenvalue weighted by Crippen LogP contribution is 2.18. The molecule has 0 spiro atoms. The SMILES string of the molecule is Nc1ncn(CC(=O)NCC2CCCS2(=O)=O)n1. The number of carbonyl (C=O) groups excluding carboxylic acids is 1. The Labute approximate surface area is 104 Å². The summed E-state index contributed by atoms with van der Waals surface area (Å²) in [6, 6.07) is 0. The van der Waals surface area contributed by atoms with Crippen LogP contribution in [0.4, 0.5) is 5.95 Å². The van der Waals surface area contributed by atoms with Crippen LogP contribution in [0.25, 0.3) is 0 Å². The van der Waals surface area contributed by atoms with Crippen molar-refractivity contribution in [1.29, 1.82) is 0 Å². The Balaban J connectivity index is 1.82. The average Bonchev–Trinajstić information content (AvgIpc) is 2.82. The smallest absolute Gasteiger partial charge is 0.241 e. The van der Waals surface area contributed by atoms with Gasteiger partial charge in [0.1, 0.15) is 12.9 Å². The van der Waals surface area contributed by atoms with E-state index >= 15 is 0 Å². The van der Waals surface area contributed by atoms with E-state index in [4.69, 9.17) is 5.73 Å². The van der Waals surface area contributed by atoms with E-state index in [1.54, 1.807) is 0 Å². The molecule has 2 rings (SSSR count). The third-order valence-corrected chi connectivity index (χ3v) is 5.13. The number of anilines is 1. The second kappa shape index (κ2) is 4.92. The van der Waals surface area contributed by atoms with Gasteiger partial charge in [0, 0.05) is 6.54 Å². The second-order valence-electron chi connectivity index (χ2n) is 4.24. The van der Waals surface area contributed by atoms with Crippen molar-refractivity contribution in [3.63, 3.8) is 0 Å². The van der Waals surface area contributed by atoms with Crippen LogP contribution in [0, 0.1) is 0 Å². The Morgan fingerprint density at radius 1 is 1.61 bits per heavy atom. The van der Waals surface area contributed by atoms with Crippen LogP contribution in [0.3, 0.4) is 0 Å². The van der Waals surface area contributed by atoms with Gasteiger partial charge in [0.05, 0.1) is 11.0 Å². The summed E-state index contributed by atoms with van der Waals surface area (Å²) in [5.41, 5.74) is 5.31. The van der Waals surface area contributed by atoms with Crippen molar-refractivity contribution in [2.45, 2.75) is 24.6 Å². The molecule has 0 aliphatic carbocycles. The molecule has 0 aromatic carbocycles. The zero-order valence-corrected chi connectivity index (χ0v) is 10.6. The Bertz CT molecular complexity index is 538. The van der Waals surface area contributed by atoms with Crippen LogP contribution in [-0.2, 0) is 21.2 Å². The van der Waals surface area contributed by atoms with Crippen molar-refractivity contribution < 1.29 is 13.2 Å². The van der Waals surface area contributed by atoms with Crippen molar-refractivity contribution in [2.24, 2.45) is 0 Å². The lowest BCUT2D eigenvalue weighted by Gasteiger charge is -2.10. The number of nitrogens with one attached hydrogen (secondary N) is 1. The predicted molar refractivity (Wildman–Crippen MR) is 64.3 cm³/mol. The fraction of sp³-hybridized carbons (Fsp3) is 0.667. The van der Waals surface area contributed by atoms with Crippen LogP contribution in [-0.4, -0.2) is 46.6 Å². The Morgan fingerprint density at radius 2 is 2.39 bits per heavy atom. The van der Waals surface area contributed by atoms with Gasteiger partial charge in [-0.2, -0.15) is 0 Å². The summed E-state index contributed by atoms with van der Waals surface area (Å²) in [6.45, 7) is 0.141. The van der Waals surface area contributed by atoms with Gasteiger partial charge in [-0.1, -0.05) is 0 Å². The lowest BCUT2D eigenvalue weighted by atomic mass is 10.2. The number of nitrogens with zero attached hydrogens (tertiary/aromatic N) is 3. The number of hydrogen-bond donors (Lipinski definition) is 2.